The maximum atomic E-state index is 12.4. The van der Waals surface area contributed by atoms with Crippen molar-refractivity contribution >= 4 is 29.9 Å². The first-order chi connectivity index (χ1) is 12.4. The lowest BCUT2D eigenvalue weighted by molar-refractivity contribution is -0.143. The Labute approximate surface area is 178 Å². The lowest BCUT2D eigenvalue weighted by Crippen LogP contribution is -2.42. The maximum absolute atomic E-state index is 12.4. The van der Waals surface area contributed by atoms with E-state index in [-0.39, 0.29) is 29.9 Å². The summed E-state index contributed by atoms with van der Waals surface area (Å²) in [7, 11) is 1.73. The van der Waals surface area contributed by atoms with Gasteiger partial charge in [-0.2, -0.15) is 13.2 Å². The molecule has 0 aromatic heterocycles. The average molecular weight is 505 g/mol. The summed E-state index contributed by atoms with van der Waals surface area (Å²) < 4.78 is 37.3. The largest absolute Gasteiger partial charge is 0.401 e. The molecule has 2 aliphatic rings. The van der Waals surface area contributed by atoms with Crippen LogP contribution in [0.3, 0.4) is 0 Å². The maximum Gasteiger partial charge on any atom is 0.401 e. The highest BCUT2D eigenvalue weighted by Gasteiger charge is 2.34. The molecule has 0 aromatic rings. The number of hydrogen-bond donors (Lipinski definition) is 2. The number of nitrogens with one attached hydrogen (secondary N) is 2. The molecule has 0 amide bonds. The minimum absolute atomic E-state index is 0. The molecule has 0 aromatic carbocycles. The Morgan fingerprint density at radius 1 is 1.07 bits per heavy atom. The van der Waals surface area contributed by atoms with E-state index in [9.17, 15) is 13.2 Å². The second-order valence-electron chi connectivity index (χ2n) is 7.76. The van der Waals surface area contributed by atoms with Gasteiger partial charge in [0, 0.05) is 26.7 Å². The van der Waals surface area contributed by atoms with Crippen LogP contribution >= 0.6 is 24.0 Å². The van der Waals surface area contributed by atoms with Crippen LogP contribution in [0, 0.1) is 11.8 Å². The van der Waals surface area contributed by atoms with E-state index in [2.05, 4.69) is 27.4 Å². The van der Waals surface area contributed by atoms with Gasteiger partial charge in [-0.05, 0) is 63.7 Å². The van der Waals surface area contributed by atoms with Crippen molar-refractivity contribution in [1.82, 2.24) is 20.4 Å². The summed E-state index contributed by atoms with van der Waals surface area (Å²) in [4.78, 5) is 8.22. The van der Waals surface area contributed by atoms with E-state index in [4.69, 9.17) is 0 Å². The van der Waals surface area contributed by atoms with Gasteiger partial charge in [0.2, 0.25) is 0 Å². The molecule has 2 fully saturated rings. The number of likely N-dealkylation sites (tertiary alicyclic amines) is 2. The van der Waals surface area contributed by atoms with E-state index >= 15 is 0 Å². The molecule has 2 rings (SSSR count). The summed E-state index contributed by atoms with van der Waals surface area (Å²) in [6.45, 7) is 7.56. The molecule has 160 valence electrons. The molecule has 1 atom stereocenters. The van der Waals surface area contributed by atoms with Gasteiger partial charge in [0.1, 0.15) is 0 Å². The normalized spacial score (nSPS) is 23.3. The molecule has 2 N–H and O–H groups in total. The summed E-state index contributed by atoms with van der Waals surface area (Å²) >= 11 is 0. The Morgan fingerprint density at radius 2 is 1.74 bits per heavy atom. The van der Waals surface area contributed by atoms with Gasteiger partial charge in [0.15, 0.2) is 5.96 Å². The third kappa shape index (κ3) is 10.2. The van der Waals surface area contributed by atoms with Crippen LogP contribution in [0.15, 0.2) is 4.99 Å². The van der Waals surface area contributed by atoms with Gasteiger partial charge in [0.05, 0.1) is 6.54 Å². The van der Waals surface area contributed by atoms with Crippen LogP contribution in [0.5, 0.6) is 0 Å². The molecule has 1 unspecified atom stereocenters. The van der Waals surface area contributed by atoms with Gasteiger partial charge in [-0.25, -0.2) is 0 Å². The van der Waals surface area contributed by atoms with E-state index in [1.165, 1.54) is 30.8 Å². The van der Waals surface area contributed by atoms with Crippen molar-refractivity contribution in [2.45, 2.75) is 38.8 Å². The lowest BCUT2D eigenvalue weighted by Gasteiger charge is -2.30. The summed E-state index contributed by atoms with van der Waals surface area (Å²) in [5.41, 5.74) is 0. The Kier molecular flexibility index (Phi) is 11.3. The summed E-state index contributed by atoms with van der Waals surface area (Å²) in [6, 6.07) is 0. The number of nitrogens with zero attached hydrogens (tertiary/aromatic N) is 3. The third-order valence-corrected chi connectivity index (χ3v) is 5.37. The van der Waals surface area contributed by atoms with Crippen molar-refractivity contribution in [3.05, 3.63) is 0 Å². The van der Waals surface area contributed by atoms with Crippen LogP contribution in [0.1, 0.15) is 32.6 Å². The van der Waals surface area contributed by atoms with Crippen molar-refractivity contribution < 1.29 is 13.2 Å². The number of guanidine groups is 1. The summed E-state index contributed by atoms with van der Waals surface area (Å²) in [5, 5.41) is 6.57. The molecule has 5 nitrogen and oxygen atoms in total. The molecule has 0 bridgehead atoms. The molecular weight excluding hydrogens is 470 g/mol. The molecule has 0 saturated carbocycles. The fourth-order valence-electron chi connectivity index (χ4n) is 3.73. The monoisotopic (exact) mass is 505 g/mol. The third-order valence-electron chi connectivity index (χ3n) is 5.37. The summed E-state index contributed by atoms with van der Waals surface area (Å²) in [6.07, 6.45) is 0.352. The van der Waals surface area contributed by atoms with Crippen LogP contribution < -0.4 is 10.6 Å². The van der Waals surface area contributed by atoms with Gasteiger partial charge in [-0.3, -0.25) is 9.89 Å². The zero-order valence-corrected chi connectivity index (χ0v) is 18.9. The van der Waals surface area contributed by atoms with Crippen molar-refractivity contribution in [3.8, 4) is 0 Å². The first-order valence-electron chi connectivity index (χ1n) is 9.81. The highest BCUT2D eigenvalue weighted by Crippen LogP contribution is 2.22. The first kappa shape index (κ1) is 24.7. The number of aliphatic imine (C=N–C) groups is 1. The topological polar surface area (TPSA) is 42.9 Å². The number of halogens is 4. The quantitative estimate of drug-likeness (QED) is 0.242. The summed E-state index contributed by atoms with van der Waals surface area (Å²) in [5.74, 6) is 1.84. The Bertz CT molecular complexity index is 439. The second kappa shape index (κ2) is 12.3. The Morgan fingerprint density at radius 3 is 2.37 bits per heavy atom. The van der Waals surface area contributed by atoms with Crippen LogP contribution in [0.4, 0.5) is 13.2 Å². The average Bonchev–Trinajstić information content (AvgIpc) is 3.01. The van der Waals surface area contributed by atoms with Crippen molar-refractivity contribution in [2.75, 3.05) is 59.4 Å². The number of hydrogen-bond acceptors (Lipinski definition) is 3. The SMILES string of the molecule is CN=C(NCCCN1CCC(C)CC1)NCC1CCN(CC(F)(F)F)C1.I. The van der Waals surface area contributed by atoms with Crippen molar-refractivity contribution in [2.24, 2.45) is 16.8 Å². The van der Waals surface area contributed by atoms with Crippen molar-refractivity contribution in [1.29, 1.82) is 0 Å². The minimum Gasteiger partial charge on any atom is -0.356 e. The highest BCUT2D eigenvalue weighted by molar-refractivity contribution is 14.0. The molecule has 27 heavy (non-hydrogen) atoms. The number of rotatable bonds is 7. The van der Waals surface area contributed by atoms with Gasteiger partial charge < -0.3 is 15.5 Å². The Balaban J connectivity index is 0.00000364. The van der Waals surface area contributed by atoms with Gasteiger partial charge in [-0.15, -0.1) is 24.0 Å². The first-order valence-corrected chi connectivity index (χ1v) is 9.81. The highest BCUT2D eigenvalue weighted by atomic mass is 127. The molecular formula is C18H35F3IN5. The van der Waals surface area contributed by atoms with Crippen LogP contribution in [0.2, 0.25) is 0 Å². The molecule has 0 spiro atoms. The van der Waals surface area contributed by atoms with Crippen LogP contribution in [-0.4, -0.2) is 81.3 Å². The number of piperidine rings is 1. The van der Waals surface area contributed by atoms with E-state index in [0.29, 0.717) is 19.6 Å². The van der Waals surface area contributed by atoms with E-state index in [0.717, 1.165) is 37.8 Å². The van der Waals surface area contributed by atoms with E-state index in [1.54, 1.807) is 7.05 Å². The molecule has 2 saturated heterocycles. The van der Waals surface area contributed by atoms with Crippen molar-refractivity contribution in [3.63, 3.8) is 0 Å². The van der Waals surface area contributed by atoms with Crippen LogP contribution in [-0.2, 0) is 0 Å². The Hall–Kier alpha value is -0.290. The zero-order valence-electron chi connectivity index (χ0n) is 16.5. The predicted octanol–water partition coefficient (Wildman–Crippen LogP) is 2.78. The van der Waals surface area contributed by atoms with Gasteiger partial charge in [-0.1, -0.05) is 6.92 Å². The fourth-order valence-corrected chi connectivity index (χ4v) is 3.73. The standard InChI is InChI=1S/C18H34F3N5.HI/c1-15-4-9-25(10-5-15)8-3-7-23-17(22-2)24-12-16-6-11-26(13-16)14-18(19,20)21;/h15-16H,3-14H2,1-2H3,(H2,22,23,24);1H. The predicted molar refractivity (Wildman–Crippen MR) is 115 cm³/mol. The molecule has 2 aliphatic heterocycles. The van der Waals surface area contributed by atoms with Crippen LogP contribution in [0.25, 0.3) is 0 Å². The van der Waals surface area contributed by atoms with E-state index in [1.807, 2.05) is 0 Å². The molecule has 2 heterocycles. The fraction of sp³-hybridized carbons (Fsp3) is 0.944. The molecule has 0 aliphatic carbocycles. The molecule has 0 radical (unpaired) electrons. The van der Waals surface area contributed by atoms with Gasteiger partial charge in [0.25, 0.3) is 0 Å². The lowest BCUT2D eigenvalue weighted by atomic mass is 9.99. The smallest absolute Gasteiger partial charge is 0.356 e. The second-order valence-corrected chi connectivity index (χ2v) is 7.76. The van der Waals surface area contributed by atoms with E-state index < -0.39 is 12.7 Å². The molecule has 9 heteroatoms. The van der Waals surface area contributed by atoms with Gasteiger partial charge >= 0.3 is 6.18 Å². The number of alkyl halides is 3. The zero-order chi connectivity index (χ0) is 19.0. The minimum atomic E-state index is -4.10.